The molecule has 1 amide bonds. The summed E-state index contributed by atoms with van der Waals surface area (Å²) in [5.74, 6) is -2.39. The molecule has 0 fully saturated rings. The summed E-state index contributed by atoms with van der Waals surface area (Å²) in [5.41, 5.74) is 0.951. The number of carbonyl (C=O) groups is 1. The second-order valence-corrected chi connectivity index (χ2v) is 9.78. The number of nitrogens with zero attached hydrogens (tertiary/aromatic N) is 3. The van der Waals surface area contributed by atoms with Gasteiger partial charge in [-0.3, -0.25) is 9.10 Å². The normalized spacial score (nSPS) is 14.0. The maximum Gasteiger partial charge on any atom is 0.267 e. The average molecular weight is 483 g/mol. The number of sulfonamides is 1. The highest BCUT2D eigenvalue weighted by Gasteiger charge is 2.34. The maximum absolute atomic E-state index is 13.7. The van der Waals surface area contributed by atoms with Crippen LogP contribution in [0.1, 0.15) is 0 Å². The lowest BCUT2D eigenvalue weighted by atomic mass is 10.1. The van der Waals surface area contributed by atoms with Crippen molar-refractivity contribution >= 4 is 50.7 Å². The lowest BCUT2D eigenvalue weighted by molar-refractivity contribution is -0.113. The van der Waals surface area contributed by atoms with E-state index in [1.807, 2.05) is 0 Å². The summed E-state index contributed by atoms with van der Waals surface area (Å²) in [6.45, 7) is 0. The Labute approximate surface area is 185 Å². The van der Waals surface area contributed by atoms with E-state index >= 15 is 0 Å². The smallest absolute Gasteiger partial charge is 0.267 e. The molecule has 1 aliphatic rings. The first-order chi connectivity index (χ1) is 14.7. The van der Waals surface area contributed by atoms with Gasteiger partial charge in [-0.05, 0) is 30.3 Å². The number of halogens is 3. The van der Waals surface area contributed by atoms with Crippen molar-refractivity contribution in [3.63, 3.8) is 0 Å². The van der Waals surface area contributed by atoms with E-state index in [-0.39, 0.29) is 27.2 Å². The van der Waals surface area contributed by atoms with Crippen LogP contribution in [0.4, 0.5) is 20.2 Å². The van der Waals surface area contributed by atoms with E-state index in [1.165, 1.54) is 13.2 Å². The largest absolute Gasteiger partial charge is 0.323 e. The predicted molar refractivity (Wildman–Crippen MR) is 114 cm³/mol. The van der Waals surface area contributed by atoms with Gasteiger partial charge in [0.15, 0.2) is 5.16 Å². The fourth-order valence-electron chi connectivity index (χ4n) is 2.96. The molecule has 0 aliphatic carbocycles. The summed E-state index contributed by atoms with van der Waals surface area (Å²) in [6, 6.07) is 7.57. The summed E-state index contributed by atoms with van der Waals surface area (Å²) in [4.78, 5) is 20.4. The first kappa shape index (κ1) is 21.5. The zero-order valence-corrected chi connectivity index (χ0v) is 18.2. The molecular formula is C19H13ClF2N4O3S2. The average Bonchev–Trinajstić information content (AvgIpc) is 2.72. The fraction of sp³-hybridized carbons (Fsp3) is 0.105. The Hall–Kier alpha value is -2.76. The van der Waals surface area contributed by atoms with E-state index in [0.717, 1.165) is 28.2 Å². The lowest BCUT2D eigenvalue weighted by Crippen LogP contribution is -2.31. The molecule has 160 valence electrons. The van der Waals surface area contributed by atoms with Crippen LogP contribution in [0.25, 0.3) is 11.3 Å². The third kappa shape index (κ3) is 4.08. The molecule has 0 saturated carbocycles. The molecular weight excluding hydrogens is 470 g/mol. The van der Waals surface area contributed by atoms with Crippen LogP contribution in [0.5, 0.6) is 0 Å². The minimum absolute atomic E-state index is 0.0769. The molecule has 0 saturated heterocycles. The Morgan fingerprint density at radius 3 is 2.74 bits per heavy atom. The topological polar surface area (TPSA) is 92.3 Å². The molecule has 3 aromatic rings. The van der Waals surface area contributed by atoms with Gasteiger partial charge < -0.3 is 5.32 Å². The molecule has 0 spiro atoms. The molecule has 0 atom stereocenters. The Balaban J connectivity index is 1.58. The highest BCUT2D eigenvalue weighted by atomic mass is 35.5. The maximum atomic E-state index is 13.7. The van der Waals surface area contributed by atoms with Crippen LogP contribution < -0.4 is 9.62 Å². The number of nitrogens with one attached hydrogen (secondary N) is 1. The Morgan fingerprint density at radius 1 is 1.23 bits per heavy atom. The molecule has 4 rings (SSSR count). The van der Waals surface area contributed by atoms with Crippen LogP contribution in [0.3, 0.4) is 0 Å². The number of thioether (sulfide) groups is 1. The highest BCUT2D eigenvalue weighted by molar-refractivity contribution is 7.99. The fourth-order valence-corrected chi connectivity index (χ4v) is 5.05. The van der Waals surface area contributed by atoms with Crippen LogP contribution in [-0.4, -0.2) is 37.1 Å². The van der Waals surface area contributed by atoms with Gasteiger partial charge >= 0.3 is 0 Å². The van der Waals surface area contributed by atoms with Crippen molar-refractivity contribution in [2.75, 3.05) is 22.4 Å². The van der Waals surface area contributed by atoms with Gasteiger partial charge in [0, 0.05) is 23.7 Å². The van der Waals surface area contributed by atoms with Crippen LogP contribution in [0.2, 0.25) is 5.02 Å². The van der Waals surface area contributed by atoms with Crippen LogP contribution in [0, 0.1) is 11.6 Å². The molecule has 1 aromatic heterocycles. The van der Waals surface area contributed by atoms with Crippen molar-refractivity contribution in [2.24, 2.45) is 0 Å². The lowest BCUT2D eigenvalue weighted by Gasteiger charge is -2.28. The van der Waals surface area contributed by atoms with E-state index in [9.17, 15) is 22.0 Å². The molecule has 0 radical (unpaired) electrons. The minimum atomic E-state index is -3.84. The summed E-state index contributed by atoms with van der Waals surface area (Å²) < 4.78 is 53.3. The number of hydrogen-bond donors (Lipinski definition) is 1. The van der Waals surface area contributed by atoms with Crippen molar-refractivity contribution in [1.29, 1.82) is 0 Å². The van der Waals surface area contributed by atoms with Crippen LogP contribution >= 0.6 is 23.4 Å². The molecule has 7 nitrogen and oxygen atoms in total. The van der Waals surface area contributed by atoms with Gasteiger partial charge in [-0.15, -0.1) is 0 Å². The van der Waals surface area contributed by atoms with Gasteiger partial charge in [0.25, 0.3) is 10.0 Å². The molecule has 0 bridgehead atoms. The van der Waals surface area contributed by atoms with Crippen molar-refractivity contribution in [2.45, 2.75) is 10.1 Å². The van der Waals surface area contributed by atoms with Gasteiger partial charge in [-0.25, -0.2) is 27.2 Å². The number of aromatic nitrogens is 2. The van der Waals surface area contributed by atoms with Gasteiger partial charge in [0.1, 0.15) is 16.5 Å². The molecule has 2 heterocycles. The monoisotopic (exact) mass is 482 g/mol. The number of carbonyl (C=O) groups excluding carboxylic acids is 1. The van der Waals surface area contributed by atoms with Gasteiger partial charge in [0.2, 0.25) is 5.91 Å². The number of benzene rings is 2. The molecule has 12 heteroatoms. The van der Waals surface area contributed by atoms with Gasteiger partial charge in [0.05, 0.1) is 29.0 Å². The second-order valence-electron chi connectivity index (χ2n) is 6.46. The standard InChI is InChI=1S/C19H13ClF2N4O3S2/c1-26-15-5-2-10(20)6-12(15)18-16(31(26,28)29)8-23-19(25-18)30-9-17(27)24-14-4-3-11(21)7-13(14)22/h2-8H,9H2,1H3,(H,24,27). The number of anilines is 2. The van der Waals surface area contributed by atoms with Crippen LogP contribution in [-0.2, 0) is 14.8 Å². The summed E-state index contributed by atoms with van der Waals surface area (Å²) in [6.07, 6.45) is 1.18. The summed E-state index contributed by atoms with van der Waals surface area (Å²) in [7, 11) is -2.42. The molecule has 31 heavy (non-hydrogen) atoms. The van der Waals surface area contributed by atoms with E-state index in [4.69, 9.17) is 11.6 Å². The van der Waals surface area contributed by atoms with E-state index in [0.29, 0.717) is 22.3 Å². The van der Waals surface area contributed by atoms with E-state index in [1.54, 1.807) is 18.2 Å². The van der Waals surface area contributed by atoms with Crippen molar-refractivity contribution in [1.82, 2.24) is 9.97 Å². The van der Waals surface area contributed by atoms with Gasteiger partial charge in [-0.2, -0.15) is 0 Å². The van der Waals surface area contributed by atoms with Crippen LogP contribution in [0.15, 0.2) is 52.6 Å². The molecule has 1 N–H and O–H groups in total. The zero-order valence-electron chi connectivity index (χ0n) is 15.8. The van der Waals surface area contributed by atoms with E-state index < -0.39 is 27.6 Å². The zero-order chi connectivity index (χ0) is 22.3. The highest BCUT2D eigenvalue weighted by Crippen LogP contribution is 2.42. The first-order valence-electron chi connectivity index (χ1n) is 8.70. The number of fused-ring (bicyclic) bond motifs is 3. The summed E-state index contributed by atoms with van der Waals surface area (Å²) in [5, 5.41) is 2.90. The van der Waals surface area contributed by atoms with E-state index in [2.05, 4.69) is 15.3 Å². The van der Waals surface area contributed by atoms with Crippen molar-refractivity contribution in [3.8, 4) is 11.3 Å². The molecule has 2 aromatic carbocycles. The van der Waals surface area contributed by atoms with Gasteiger partial charge in [-0.1, -0.05) is 23.4 Å². The number of hydrogen-bond acceptors (Lipinski definition) is 6. The second kappa shape index (κ2) is 8.06. The Bertz CT molecular complexity index is 1320. The number of rotatable bonds is 4. The third-order valence-electron chi connectivity index (χ3n) is 4.46. The molecule has 0 unspecified atom stereocenters. The predicted octanol–water partition coefficient (Wildman–Crippen LogP) is 3.94. The molecule has 1 aliphatic heterocycles. The van der Waals surface area contributed by atoms with Crippen molar-refractivity contribution < 1.29 is 22.0 Å². The number of amides is 1. The Kier molecular flexibility index (Phi) is 5.58. The third-order valence-corrected chi connectivity index (χ3v) is 7.33. The summed E-state index contributed by atoms with van der Waals surface area (Å²) >= 11 is 7.02. The first-order valence-corrected chi connectivity index (χ1v) is 11.5. The SMILES string of the molecule is CN1c2ccc(Cl)cc2-c2nc(SCC(=O)Nc3ccc(F)cc3F)ncc2S1(=O)=O. The minimum Gasteiger partial charge on any atom is -0.323 e. The van der Waals surface area contributed by atoms with Crippen molar-refractivity contribution in [3.05, 3.63) is 59.3 Å². The Morgan fingerprint density at radius 2 is 2.00 bits per heavy atom. The quantitative estimate of drug-likeness (QED) is 0.447.